The van der Waals surface area contributed by atoms with Gasteiger partial charge in [0.05, 0.1) is 6.26 Å². The number of aryl methyl sites for hydroxylation is 1. The molecule has 1 fully saturated rings. The zero-order valence-corrected chi connectivity index (χ0v) is 10.3. The molecule has 0 bridgehead atoms. The normalized spacial score (nSPS) is 32.6. The van der Waals surface area contributed by atoms with Gasteiger partial charge in [-0.3, -0.25) is 0 Å². The van der Waals surface area contributed by atoms with E-state index in [-0.39, 0.29) is 0 Å². The number of nitrogens with one attached hydrogen (secondary N) is 1. The van der Waals surface area contributed by atoms with Crippen LogP contribution < -0.4 is 11.1 Å². The fourth-order valence-electron chi connectivity index (χ4n) is 3.38. The quantitative estimate of drug-likeness (QED) is 0.844. The molecule has 2 aliphatic rings. The molecular weight excluding hydrogens is 212 g/mol. The number of fused-ring (bicyclic) bond motifs is 1. The highest BCUT2D eigenvalue weighted by Gasteiger charge is 2.28. The lowest BCUT2D eigenvalue weighted by Gasteiger charge is -2.26. The van der Waals surface area contributed by atoms with Crippen LogP contribution in [0.4, 0.5) is 0 Å². The molecule has 94 valence electrons. The van der Waals surface area contributed by atoms with Gasteiger partial charge in [0.2, 0.25) is 0 Å². The van der Waals surface area contributed by atoms with Gasteiger partial charge in [0, 0.05) is 24.1 Å². The van der Waals surface area contributed by atoms with Gasteiger partial charge in [0.15, 0.2) is 0 Å². The SMILES string of the molecule is NCC1CCC(NC2CCCc3occc32)C1. The van der Waals surface area contributed by atoms with Crippen LogP contribution in [-0.2, 0) is 6.42 Å². The molecular formula is C14H22N2O. The number of furan rings is 1. The van der Waals surface area contributed by atoms with Crippen molar-refractivity contribution in [1.82, 2.24) is 5.32 Å². The Bertz CT molecular complexity index is 374. The van der Waals surface area contributed by atoms with Gasteiger partial charge in [0.1, 0.15) is 5.76 Å². The first kappa shape index (κ1) is 11.3. The third-order valence-corrected chi connectivity index (χ3v) is 4.36. The van der Waals surface area contributed by atoms with Crippen LogP contribution in [0.15, 0.2) is 16.7 Å². The third-order valence-electron chi connectivity index (χ3n) is 4.36. The Kier molecular flexibility index (Phi) is 3.21. The molecule has 3 N–H and O–H groups in total. The predicted molar refractivity (Wildman–Crippen MR) is 67.7 cm³/mol. The zero-order valence-electron chi connectivity index (χ0n) is 10.3. The Morgan fingerprint density at radius 1 is 1.35 bits per heavy atom. The lowest BCUT2D eigenvalue weighted by molar-refractivity contribution is 0.368. The van der Waals surface area contributed by atoms with Gasteiger partial charge in [-0.25, -0.2) is 0 Å². The van der Waals surface area contributed by atoms with Crippen molar-refractivity contribution in [3.05, 3.63) is 23.7 Å². The van der Waals surface area contributed by atoms with Crippen LogP contribution in [0.5, 0.6) is 0 Å². The van der Waals surface area contributed by atoms with Crippen molar-refractivity contribution in [2.75, 3.05) is 6.54 Å². The van der Waals surface area contributed by atoms with E-state index in [0.717, 1.165) is 18.9 Å². The van der Waals surface area contributed by atoms with Gasteiger partial charge < -0.3 is 15.5 Å². The summed E-state index contributed by atoms with van der Waals surface area (Å²) in [5, 5.41) is 3.81. The average molecular weight is 234 g/mol. The highest BCUT2D eigenvalue weighted by Crippen LogP contribution is 2.33. The molecule has 3 atom stereocenters. The van der Waals surface area contributed by atoms with Crippen molar-refractivity contribution >= 4 is 0 Å². The topological polar surface area (TPSA) is 51.2 Å². The molecule has 1 saturated carbocycles. The van der Waals surface area contributed by atoms with E-state index in [1.807, 2.05) is 6.26 Å². The van der Waals surface area contributed by atoms with E-state index in [1.54, 1.807) is 0 Å². The molecule has 3 rings (SSSR count). The van der Waals surface area contributed by atoms with Crippen LogP contribution in [0, 0.1) is 5.92 Å². The Hall–Kier alpha value is -0.800. The van der Waals surface area contributed by atoms with E-state index < -0.39 is 0 Å². The first-order valence-electron chi connectivity index (χ1n) is 6.89. The number of hydrogen-bond donors (Lipinski definition) is 2. The highest BCUT2D eigenvalue weighted by molar-refractivity contribution is 5.24. The summed E-state index contributed by atoms with van der Waals surface area (Å²) >= 11 is 0. The van der Waals surface area contributed by atoms with Gasteiger partial charge in [-0.2, -0.15) is 0 Å². The van der Waals surface area contributed by atoms with Crippen LogP contribution in [0.2, 0.25) is 0 Å². The minimum Gasteiger partial charge on any atom is -0.469 e. The Morgan fingerprint density at radius 2 is 2.29 bits per heavy atom. The van der Waals surface area contributed by atoms with Crippen molar-refractivity contribution < 1.29 is 4.42 Å². The fraction of sp³-hybridized carbons (Fsp3) is 0.714. The first-order valence-corrected chi connectivity index (χ1v) is 6.89. The second kappa shape index (κ2) is 4.83. The van der Waals surface area contributed by atoms with Gasteiger partial charge in [-0.15, -0.1) is 0 Å². The molecule has 0 radical (unpaired) electrons. The number of hydrogen-bond acceptors (Lipinski definition) is 3. The summed E-state index contributed by atoms with van der Waals surface area (Å²) in [6.07, 6.45) is 9.25. The summed E-state index contributed by atoms with van der Waals surface area (Å²) in [6.45, 7) is 0.847. The molecule has 0 spiro atoms. The monoisotopic (exact) mass is 234 g/mol. The summed E-state index contributed by atoms with van der Waals surface area (Å²) in [7, 11) is 0. The molecule has 3 nitrogen and oxygen atoms in total. The summed E-state index contributed by atoms with van der Waals surface area (Å²) in [6, 6.07) is 3.31. The maximum atomic E-state index is 5.75. The van der Waals surface area contributed by atoms with Gasteiger partial charge >= 0.3 is 0 Å². The lowest BCUT2D eigenvalue weighted by Crippen LogP contribution is -2.33. The lowest BCUT2D eigenvalue weighted by atomic mass is 9.92. The van der Waals surface area contributed by atoms with Crippen LogP contribution in [0.25, 0.3) is 0 Å². The molecule has 2 aliphatic carbocycles. The van der Waals surface area contributed by atoms with Crippen LogP contribution in [0.3, 0.4) is 0 Å². The predicted octanol–water partition coefficient (Wildman–Crippen LogP) is 2.37. The first-order chi connectivity index (χ1) is 8.36. The largest absolute Gasteiger partial charge is 0.469 e. The van der Waals surface area contributed by atoms with Crippen LogP contribution >= 0.6 is 0 Å². The minimum atomic E-state index is 0.513. The van der Waals surface area contributed by atoms with Crippen molar-refractivity contribution in [2.24, 2.45) is 11.7 Å². The molecule has 1 heterocycles. The molecule has 1 aromatic rings. The molecule has 0 amide bonds. The zero-order chi connectivity index (χ0) is 11.7. The molecule has 0 aliphatic heterocycles. The molecule has 3 unspecified atom stereocenters. The van der Waals surface area contributed by atoms with E-state index in [9.17, 15) is 0 Å². The second-order valence-electron chi connectivity index (χ2n) is 5.52. The van der Waals surface area contributed by atoms with Gasteiger partial charge in [0.25, 0.3) is 0 Å². The summed E-state index contributed by atoms with van der Waals surface area (Å²) in [4.78, 5) is 0. The Labute approximate surface area is 103 Å². The smallest absolute Gasteiger partial charge is 0.108 e. The summed E-state index contributed by atoms with van der Waals surface area (Å²) in [5.74, 6) is 1.93. The maximum absolute atomic E-state index is 5.75. The fourth-order valence-corrected chi connectivity index (χ4v) is 3.38. The minimum absolute atomic E-state index is 0.513. The van der Waals surface area contributed by atoms with E-state index in [1.165, 1.54) is 43.4 Å². The van der Waals surface area contributed by atoms with Crippen LogP contribution in [0.1, 0.15) is 49.5 Å². The van der Waals surface area contributed by atoms with Crippen molar-refractivity contribution in [3.8, 4) is 0 Å². The van der Waals surface area contributed by atoms with Crippen LogP contribution in [-0.4, -0.2) is 12.6 Å². The standard InChI is InChI=1S/C14H22N2O/c15-9-10-4-5-11(8-10)16-13-2-1-3-14-12(13)6-7-17-14/h6-7,10-11,13,16H,1-5,8-9,15H2. The van der Waals surface area contributed by atoms with E-state index in [2.05, 4.69) is 11.4 Å². The van der Waals surface area contributed by atoms with Crippen molar-refractivity contribution in [3.63, 3.8) is 0 Å². The second-order valence-corrected chi connectivity index (χ2v) is 5.52. The molecule has 1 aromatic heterocycles. The number of nitrogens with two attached hydrogens (primary N) is 1. The number of rotatable bonds is 3. The van der Waals surface area contributed by atoms with E-state index in [0.29, 0.717) is 12.1 Å². The average Bonchev–Trinajstić information content (AvgIpc) is 2.97. The summed E-state index contributed by atoms with van der Waals surface area (Å²) < 4.78 is 5.53. The molecule has 17 heavy (non-hydrogen) atoms. The highest BCUT2D eigenvalue weighted by atomic mass is 16.3. The van der Waals surface area contributed by atoms with Gasteiger partial charge in [-0.05, 0) is 50.6 Å². The van der Waals surface area contributed by atoms with E-state index >= 15 is 0 Å². The molecule has 3 heteroatoms. The van der Waals surface area contributed by atoms with E-state index in [4.69, 9.17) is 10.2 Å². The molecule has 0 aromatic carbocycles. The van der Waals surface area contributed by atoms with Crippen molar-refractivity contribution in [2.45, 2.75) is 50.6 Å². The summed E-state index contributed by atoms with van der Waals surface area (Å²) in [5.41, 5.74) is 7.14. The third kappa shape index (κ3) is 2.26. The molecule has 0 saturated heterocycles. The van der Waals surface area contributed by atoms with Gasteiger partial charge in [-0.1, -0.05) is 0 Å². The Morgan fingerprint density at radius 3 is 3.12 bits per heavy atom. The van der Waals surface area contributed by atoms with Crippen molar-refractivity contribution in [1.29, 1.82) is 0 Å². The maximum Gasteiger partial charge on any atom is 0.108 e. The Balaban J connectivity index is 1.64.